The van der Waals surface area contributed by atoms with Gasteiger partial charge in [-0.1, -0.05) is 6.07 Å². The number of thiol groups is 1. The Morgan fingerprint density at radius 2 is 1.88 bits per heavy atom. The van der Waals surface area contributed by atoms with E-state index in [9.17, 15) is 9.50 Å². The van der Waals surface area contributed by atoms with E-state index in [4.69, 9.17) is 4.74 Å². The van der Waals surface area contributed by atoms with E-state index >= 15 is 0 Å². The topological polar surface area (TPSA) is 29.5 Å². The average molecular weight is 258 g/mol. The van der Waals surface area contributed by atoms with Gasteiger partial charge in [0.15, 0.2) is 11.6 Å². The highest BCUT2D eigenvalue weighted by Gasteiger charge is 2.18. The van der Waals surface area contributed by atoms with Gasteiger partial charge in [0, 0.05) is 4.75 Å². The lowest BCUT2D eigenvalue weighted by atomic mass is 10.0. The highest BCUT2D eigenvalue weighted by molar-refractivity contribution is 7.81. The molecule has 17 heavy (non-hydrogen) atoms. The van der Waals surface area contributed by atoms with Gasteiger partial charge in [-0.25, -0.2) is 4.39 Å². The van der Waals surface area contributed by atoms with Crippen LogP contribution in [0.4, 0.5) is 4.39 Å². The Morgan fingerprint density at radius 1 is 1.29 bits per heavy atom. The molecule has 0 spiro atoms. The summed E-state index contributed by atoms with van der Waals surface area (Å²) in [5.41, 5.74) is -0.192. The van der Waals surface area contributed by atoms with Crippen LogP contribution in [-0.2, 0) is 4.75 Å². The minimum absolute atomic E-state index is 0.0491. The van der Waals surface area contributed by atoms with E-state index in [1.54, 1.807) is 26.0 Å². The van der Waals surface area contributed by atoms with Crippen molar-refractivity contribution < 1.29 is 14.2 Å². The summed E-state index contributed by atoms with van der Waals surface area (Å²) in [5.74, 6) is -0.290. The SMILES string of the molecule is CC(C)(O)COc1ccc(C(C)(C)S)cc1F. The first-order valence-corrected chi connectivity index (χ1v) is 5.92. The number of hydrogen-bond donors (Lipinski definition) is 2. The van der Waals surface area contributed by atoms with Crippen molar-refractivity contribution in [1.29, 1.82) is 0 Å². The number of halogens is 1. The predicted molar refractivity (Wildman–Crippen MR) is 70.2 cm³/mol. The molecule has 0 aliphatic carbocycles. The lowest BCUT2D eigenvalue weighted by molar-refractivity contribution is 0.0271. The smallest absolute Gasteiger partial charge is 0.165 e. The molecule has 1 N–H and O–H groups in total. The van der Waals surface area contributed by atoms with Crippen LogP contribution < -0.4 is 4.74 Å². The molecule has 0 saturated heterocycles. The van der Waals surface area contributed by atoms with E-state index in [0.29, 0.717) is 0 Å². The Labute approximate surface area is 107 Å². The van der Waals surface area contributed by atoms with E-state index in [0.717, 1.165) is 5.56 Å². The van der Waals surface area contributed by atoms with Crippen LogP contribution >= 0.6 is 12.6 Å². The number of ether oxygens (including phenoxy) is 1. The molecule has 0 aliphatic heterocycles. The van der Waals surface area contributed by atoms with Crippen LogP contribution in [0.3, 0.4) is 0 Å². The molecule has 0 saturated carbocycles. The van der Waals surface area contributed by atoms with Crippen molar-refractivity contribution >= 4 is 12.6 Å². The Bertz CT molecular complexity index is 391. The molecule has 0 bridgehead atoms. The first-order chi connectivity index (χ1) is 7.59. The zero-order valence-electron chi connectivity index (χ0n) is 10.6. The lowest BCUT2D eigenvalue weighted by Gasteiger charge is -2.20. The summed E-state index contributed by atoms with van der Waals surface area (Å²) in [6, 6.07) is 4.75. The van der Waals surface area contributed by atoms with Crippen molar-refractivity contribution in [3.05, 3.63) is 29.6 Å². The van der Waals surface area contributed by atoms with Crippen molar-refractivity contribution in [3.8, 4) is 5.75 Å². The molecule has 0 unspecified atom stereocenters. The molecular formula is C13H19FO2S. The van der Waals surface area contributed by atoms with Gasteiger partial charge in [-0.3, -0.25) is 0 Å². The summed E-state index contributed by atoms with van der Waals surface area (Å²) < 4.78 is 18.5. The third-order valence-electron chi connectivity index (χ3n) is 2.22. The molecule has 1 aromatic carbocycles. The number of aliphatic hydroxyl groups is 1. The van der Waals surface area contributed by atoms with Crippen LogP contribution in [0, 0.1) is 5.82 Å². The van der Waals surface area contributed by atoms with Crippen molar-refractivity contribution in [2.75, 3.05) is 6.61 Å². The fourth-order valence-corrected chi connectivity index (χ4v) is 1.39. The molecule has 4 heteroatoms. The average Bonchev–Trinajstić information content (AvgIpc) is 2.12. The second kappa shape index (κ2) is 4.86. The monoisotopic (exact) mass is 258 g/mol. The number of benzene rings is 1. The molecule has 0 aliphatic rings. The molecule has 0 fully saturated rings. The fourth-order valence-electron chi connectivity index (χ4n) is 1.25. The van der Waals surface area contributed by atoms with Gasteiger partial charge < -0.3 is 9.84 Å². The third-order valence-corrected chi connectivity index (χ3v) is 2.48. The van der Waals surface area contributed by atoms with Gasteiger partial charge in [0.25, 0.3) is 0 Å². The predicted octanol–water partition coefficient (Wildman–Crippen LogP) is 3.14. The fraction of sp³-hybridized carbons (Fsp3) is 0.538. The first-order valence-electron chi connectivity index (χ1n) is 5.47. The van der Waals surface area contributed by atoms with Crippen molar-refractivity contribution in [1.82, 2.24) is 0 Å². The summed E-state index contributed by atoms with van der Waals surface area (Å²) in [4.78, 5) is 0. The second-order valence-electron chi connectivity index (χ2n) is 5.31. The van der Waals surface area contributed by atoms with E-state index < -0.39 is 16.2 Å². The highest BCUT2D eigenvalue weighted by atomic mass is 32.1. The Hall–Kier alpha value is -0.740. The van der Waals surface area contributed by atoms with Crippen molar-refractivity contribution in [3.63, 3.8) is 0 Å². The van der Waals surface area contributed by atoms with Gasteiger partial charge in [-0.15, -0.1) is 0 Å². The molecule has 0 radical (unpaired) electrons. The standard InChI is InChI=1S/C13H19FO2S/c1-12(2,15)8-16-11-6-5-9(7-10(11)14)13(3,4)17/h5-7,15,17H,8H2,1-4H3. The molecule has 1 rings (SSSR count). The minimum Gasteiger partial charge on any atom is -0.488 e. The van der Waals surface area contributed by atoms with Gasteiger partial charge in [0.05, 0.1) is 5.60 Å². The van der Waals surface area contributed by atoms with Crippen LogP contribution in [0.25, 0.3) is 0 Å². The number of hydrogen-bond acceptors (Lipinski definition) is 3. The molecule has 1 aromatic rings. The van der Waals surface area contributed by atoms with E-state index in [1.165, 1.54) is 6.07 Å². The van der Waals surface area contributed by atoms with Crippen molar-refractivity contribution in [2.24, 2.45) is 0 Å². The second-order valence-corrected chi connectivity index (χ2v) is 6.42. The maximum atomic E-state index is 13.7. The summed E-state index contributed by atoms with van der Waals surface area (Å²) in [6.45, 7) is 7.05. The van der Waals surface area contributed by atoms with Gasteiger partial charge >= 0.3 is 0 Å². The molecule has 96 valence electrons. The van der Waals surface area contributed by atoms with Crippen LogP contribution in [0.5, 0.6) is 5.75 Å². The van der Waals surface area contributed by atoms with E-state index in [1.807, 2.05) is 13.8 Å². The van der Waals surface area contributed by atoms with Crippen LogP contribution in [0.15, 0.2) is 18.2 Å². The third kappa shape index (κ3) is 4.56. The summed E-state index contributed by atoms with van der Waals surface area (Å²) in [7, 11) is 0. The lowest BCUT2D eigenvalue weighted by Crippen LogP contribution is -2.28. The van der Waals surface area contributed by atoms with Crippen LogP contribution in [-0.4, -0.2) is 17.3 Å². The molecule has 0 aromatic heterocycles. The summed E-state index contributed by atoms with van der Waals surface area (Å²) >= 11 is 4.38. The number of rotatable bonds is 4. The highest BCUT2D eigenvalue weighted by Crippen LogP contribution is 2.30. The Kier molecular flexibility index (Phi) is 4.10. The van der Waals surface area contributed by atoms with Crippen LogP contribution in [0.1, 0.15) is 33.3 Å². The largest absolute Gasteiger partial charge is 0.488 e. The van der Waals surface area contributed by atoms with Gasteiger partial charge in [-0.2, -0.15) is 12.6 Å². The summed E-state index contributed by atoms with van der Waals surface area (Å²) in [6.07, 6.45) is 0. The quantitative estimate of drug-likeness (QED) is 0.812. The minimum atomic E-state index is -0.978. The first kappa shape index (κ1) is 14.3. The zero-order chi connectivity index (χ0) is 13.3. The van der Waals surface area contributed by atoms with Crippen LogP contribution in [0.2, 0.25) is 0 Å². The molecule has 2 nitrogen and oxygen atoms in total. The normalized spacial score (nSPS) is 12.6. The maximum Gasteiger partial charge on any atom is 0.165 e. The van der Waals surface area contributed by atoms with E-state index in [2.05, 4.69) is 12.6 Å². The maximum absolute atomic E-state index is 13.7. The van der Waals surface area contributed by atoms with Gasteiger partial charge in [0.2, 0.25) is 0 Å². The van der Waals surface area contributed by atoms with Gasteiger partial charge in [-0.05, 0) is 45.4 Å². The molecule has 0 amide bonds. The van der Waals surface area contributed by atoms with E-state index in [-0.39, 0.29) is 12.4 Å². The molecule has 0 atom stereocenters. The van der Waals surface area contributed by atoms with Gasteiger partial charge in [0.1, 0.15) is 6.61 Å². The van der Waals surface area contributed by atoms with Crippen molar-refractivity contribution in [2.45, 2.75) is 38.0 Å². The molecule has 0 heterocycles. The Morgan fingerprint density at radius 3 is 2.29 bits per heavy atom. The summed E-state index contributed by atoms with van der Waals surface area (Å²) in [5, 5.41) is 9.49. The zero-order valence-corrected chi connectivity index (χ0v) is 11.5. The Balaban J connectivity index is 2.84. The molecular weight excluding hydrogens is 239 g/mol.